The van der Waals surface area contributed by atoms with E-state index in [0.717, 1.165) is 58.4 Å². The van der Waals surface area contributed by atoms with E-state index in [1.165, 1.54) is 0 Å². The van der Waals surface area contributed by atoms with E-state index in [4.69, 9.17) is 0 Å². The Morgan fingerprint density at radius 1 is 1.12 bits per heavy atom. The van der Waals surface area contributed by atoms with Crippen molar-refractivity contribution in [1.82, 2.24) is 30.3 Å². The lowest BCUT2D eigenvalue weighted by Gasteiger charge is -2.32. The van der Waals surface area contributed by atoms with E-state index in [0.29, 0.717) is 29.8 Å². The van der Waals surface area contributed by atoms with Crippen molar-refractivity contribution in [3.05, 3.63) is 0 Å². The van der Waals surface area contributed by atoms with E-state index < -0.39 is 5.92 Å². The van der Waals surface area contributed by atoms with Crippen LogP contribution < -0.4 is 21.1 Å². The number of hydrogen-bond donors (Lipinski definition) is 4. The van der Waals surface area contributed by atoms with Gasteiger partial charge < -0.3 is 15.1 Å². The first kappa shape index (κ1) is 25.5. The molecule has 0 aliphatic carbocycles. The molecule has 0 radical (unpaired) electrons. The Morgan fingerprint density at radius 2 is 1.84 bits per heavy atom. The third-order valence-corrected chi connectivity index (χ3v) is 5.30. The quantitative estimate of drug-likeness (QED) is 0.140. The van der Waals surface area contributed by atoms with Gasteiger partial charge in [-0.15, -0.1) is 0 Å². The molecule has 1 aliphatic heterocycles. The summed E-state index contributed by atoms with van der Waals surface area (Å²) in [4.78, 5) is 41.2. The molecule has 4 N–H and O–H groups in total. The van der Waals surface area contributed by atoms with Gasteiger partial charge in [0, 0.05) is 32.7 Å². The first-order chi connectivity index (χ1) is 15.5. The van der Waals surface area contributed by atoms with Crippen LogP contribution in [0.2, 0.25) is 0 Å². The molecule has 2 amide bonds. The molecule has 1 saturated heterocycles. The van der Waals surface area contributed by atoms with Gasteiger partial charge in [-0.3, -0.25) is 25.6 Å². The summed E-state index contributed by atoms with van der Waals surface area (Å²) in [5, 5.41) is 13.2. The topological polar surface area (TPSA) is 139 Å². The average molecular weight is 452 g/mol. The minimum Gasteiger partial charge on any atom is -0.354 e. The van der Waals surface area contributed by atoms with Crippen molar-refractivity contribution in [2.24, 2.45) is 5.92 Å². The van der Waals surface area contributed by atoms with Crippen LogP contribution in [0.3, 0.4) is 0 Å². The fraction of sp³-hybridized carbons (Fsp3) is 0.750. The zero-order valence-corrected chi connectivity index (χ0v) is 19.4. The number of amides is 2. The molecule has 12 heteroatoms. The van der Waals surface area contributed by atoms with Crippen LogP contribution in [-0.2, 0) is 9.59 Å². The monoisotopic (exact) mass is 451 g/mol. The second-order valence-corrected chi connectivity index (χ2v) is 8.03. The lowest BCUT2D eigenvalue weighted by atomic mass is 10.0. The highest BCUT2D eigenvalue weighted by Crippen LogP contribution is 2.16. The highest BCUT2D eigenvalue weighted by Gasteiger charge is 2.22. The van der Waals surface area contributed by atoms with Gasteiger partial charge in [-0.2, -0.15) is 15.0 Å². The van der Waals surface area contributed by atoms with E-state index in [2.05, 4.69) is 61.8 Å². The lowest BCUT2D eigenvalue weighted by molar-refractivity contribution is -0.154. The fourth-order valence-corrected chi connectivity index (χ4v) is 3.32. The van der Waals surface area contributed by atoms with Gasteiger partial charge in [-0.25, -0.2) is 5.06 Å². The second-order valence-electron chi connectivity index (χ2n) is 8.03. The van der Waals surface area contributed by atoms with E-state index in [9.17, 15) is 14.8 Å². The van der Waals surface area contributed by atoms with Crippen molar-refractivity contribution in [2.45, 2.75) is 46.0 Å². The number of carbonyl (C=O) groups excluding carboxylic acids is 2. The first-order valence-electron chi connectivity index (χ1n) is 11.4. The van der Waals surface area contributed by atoms with Crippen LogP contribution in [0.4, 0.5) is 17.8 Å². The Kier molecular flexibility index (Phi) is 10.9. The molecule has 1 fully saturated rings. The van der Waals surface area contributed by atoms with Crippen molar-refractivity contribution < 1.29 is 14.8 Å². The number of piperazine rings is 1. The van der Waals surface area contributed by atoms with Crippen molar-refractivity contribution in [1.29, 1.82) is 0 Å². The minimum absolute atomic E-state index is 0.0756. The molecule has 0 aromatic carbocycles. The molecule has 1 atom stereocenters. The van der Waals surface area contributed by atoms with Crippen molar-refractivity contribution in [3.63, 3.8) is 0 Å². The van der Waals surface area contributed by atoms with Gasteiger partial charge in [-0.05, 0) is 19.9 Å². The summed E-state index contributed by atoms with van der Waals surface area (Å²) in [7, 11) is 2.08. The van der Waals surface area contributed by atoms with Crippen LogP contribution in [0.15, 0.2) is 0 Å². The molecular weight excluding hydrogens is 414 g/mol. The van der Waals surface area contributed by atoms with E-state index in [1.54, 1.807) is 0 Å². The number of aromatic nitrogens is 3. The van der Waals surface area contributed by atoms with Gasteiger partial charge in [0.15, 0.2) is 0 Å². The summed E-state index contributed by atoms with van der Waals surface area (Å²) in [5.41, 5.74) is 5.41. The highest BCUT2D eigenvalue weighted by atomic mass is 16.5. The number of nitrogens with zero attached hydrogens (tertiary/aromatic N) is 6. The number of likely N-dealkylation sites (N-methyl/N-ethyl adjacent to an activating group) is 1. The molecule has 1 aromatic rings. The Hall–Kier alpha value is -2.73. The van der Waals surface area contributed by atoms with E-state index >= 15 is 0 Å². The summed E-state index contributed by atoms with van der Waals surface area (Å²) in [5.74, 6) is 0.317. The van der Waals surface area contributed by atoms with Crippen molar-refractivity contribution >= 4 is 30.2 Å². The van der Waals surface area contributed by atoms with Crippen LogP contribution in [0.5, 0.6) is 0 Å². The molecule has 1 unspecified atom stereocenters. The fourth-order valence-electron chi connectivity index (χ4n) is 3.32. The van der Waals surface area contributed by atoms with Crippen LogP contribution >= 0.6 is 0 Å². The number of rotatable bonds is 14. The maximum Gasteiger partial charge on any atom is 0.248 e. The normalized spacial score (nSPS) is 15.2. The maximum atomic E-state index is 12.7. The molecule has 0 bridgehead atoms. The zero-order chi connectivity index (χ0) is 23.3. The van der Waals surface area contributed by atoms with E-state index in [1.807, 2.05) is 0 Å². The minimum atomic E-state index is -0.555. The highest BCUT2D eigenvalue weighted by molar-refractivity contribution is 5.80. The molecule has 2 rings (SSSR count). The van der Waals surface area contributed by atoms with Crippen LogP contribution in [0.1, 0.15) is 46.0 Å². The Morgan fingerprint density at radius 3 is 2.50 bits per heavy atom. The van der Waals surface area contributed by atoms with Crippen molar-refractivity contribution in [3.8, 4) is 0 Å². The number of anilines is 3. The van der Waals surface area contributed by atoms with Crippen LogP contribution in [0.25, 0.3) is 0 Å². The van der Waals surface area contributed by atoms with E-state index in [-0.39, 0.29) is 18.4 Å². The third kappa shape index (κ3) is 8.42. The Labute approximate surface area is 189 Å². The smallest absolute Gasteiger partial charge is 0.248 e. The third-order valence-electron chi connectivity index (χ3n) is 5.30. The summed E-state index contributed by atoms with van der Waals surface area (Å²) >= 11 is 0. The first-order valence-corrected chi connectivity index (χ1v) is 11.4. The van der Waals surface area contributed by atoms with Gasteiger partial charge >= 0.3 is 0 Å². The Bertz CT molecular complexity index is 714. The molecule has 180 valence electrons. The molecule has 32 heavy (non-hydrogen) atoms. The van der Waals surface area contributed by atoms with Crippen LogP contribution in [-0.4, -0.2) is 88.8 Å². The van der Waals surface area contributed by atoms with Crippen molar-refractivity contribution in [2.75, 3.05) is 62.0 Å². The van der Waals surface area contributed by atoms with Gasteiger partial charge in [0.2, 0.25) is 30.2 Å². The summed E-state index contributed by atoms with van der Waals surface area (Å²) in [6.45, 7) is 8.20. The summed E-state index contributed by atoms with van der Waals surface area (Å²) in [6.07, 6.45) is 4.58. The molecule has 12 nitrogen and oxygen atoms in total. The molecule has 1 aromatic heterocycles. The number of hydrazine groups is 1. The molecular formula is C20H37N9O3. The molecule has 0 spiro atoms. The van der Waals surface area contributed by atoms with Crippen LogP contribution in [0, 0.1) is 5.92 Å². The largest absolute Gasteiger partial charge is 0.354 e. The predicted octanol–water partition coefficient (Wildman–Crippen LogP) is 0.933. The lowest BCUT2D eigenvalue weighted by Crippen LogP contribution is -2.45. The van der Waals surface area contributed by atoms with Gasteiger partial charge in [0.1, 0.15) is 0 Å². The standard InChI is InChI=1S/C20H37N9O3/c1-4-6-7-8-16(14-29(32)15-30)17(31)25-26-19-22-18(21-9-5-2)23-20(24-19)28-12-10-27(3)11-13-28/h15-16,32H,4-14H2,1-3H3,(H,25,31)(H2,21,22,23,24,26). The number of hydroxylamine groups is 2. The predicted molar refractivity (Wildman–Crippen MR) is 122 cm³/mol. The summed E-state index contributed by atoms with van der Waals surface area (Å²) < 4.78 is 0. The summed E-state index contributed by atoms with van der Waals surface area (Å²) in [6, 6.07) is 0. The number of carbonyl (C=O) groups is 2. The zero-order valence-electron chi connectivity index (χ0n) is 19.4. The number of nitrogens with one attached hydrogen (secondary N) is 3. The Balaban J connectivity index is 2.08. The second kappa shape index (κ2) is 13.6. The van der Waals surface area contributed by atoms with Gasteiger partial charge in [0.05, 0.1) is 12.5 Å². The maximum absolute atomic E-state index is 12.7. The number of unbranched alkanes of at least 4 members (excludes halogenated alkanes) is 2. The molecule has 0 saturated carbocycles. The SMILES string of the molecule is CCCCCC(CN(O)C=O)C(=O)NNc1nc(NCCC)nc(N2CCN(C)CC2)n1. The van der Waals surface area contributed by atoms with Gasteiger partial charge in [0.25, 0.3) is 0 Å². The average Bonchev–Trinajstić information content (AvgIpc) is 2.80. The van der Waals surface area contributed by atoms with Gasteiger partial charge in [-0.1, -0.05) is 33.1 Å². The number of hydrogen-bond acceptors (Lipinski definition) is 10. The molecule has 1 aliphatic rings. The molecule has 2 heterocycles.